The highest BCUT2D eigenvalue weighted by molar-refractivity contribution is 5.86. The fraction of sp³-hybridized carbons (Fsp3) is 0.133. The van der Waals surface area contributed by atoms with E-state index in [0.29, 0.717) is 17.2 Å². The third-order valence-corrected chi connectivity index (χ3v) is 3.53. The zero-order valence-corrected chi connectivity index (χ0v) is 11.8. The van der Waals surface area contributed by atoms with Crippen LogP contribution in [0.25, 0.3) is 22.5 Å². The van der Waals surface area contributed by atoms with Crippen LogP contribution in [-0.4, -0.2) is 20.4 Å². The second kappa shape index (κ2) is 4.90. The lowest BCUT2D eigenvalue weighted by molar-refractivity contribution is 0.982. The fourth-order valence-corrected chi connectivity index (χ4v) is 2.21. The molecule has 21 heavy (non-hydrogen) atoms. The van der Waals surface area contributed by atoms with Crippen LogP contribution < -0.4 is 11.3 Å². The summed E-state index contributed by atoms with van der Waals surface area (Å²) in [4.78, 5) is 11.1. The number of aromatic nitrogens is 4. The Morgan fingerprint density at radius 3 is 2.48 bits per heavy atom. The van der Waals surface area contributed by atoms with E-state index in [1.807, 2.05) is 19.1 Å². The number of nitrogen functional groups attached to an aromatic ring is 1. The molecule has 3 aromatic rings. The Labute approximate surface area is 121 Å². The quantitative estimate of drug-likeness (QED) is 0.669. The summed E-state index contributed by atoms with van der Waals surface area (Å²) in [7, 11) is 0. The van der Waals surface area contributed by atoms with Crippen molar-refractivity contribution in [2.75, 3.05) is 5.73 Å². The largest absolute Gasteiger partial charge is 0.382 e. The summed E-state index contributed by atoms with van der Waals surface area (Å²) in [5, 5.41) is 13.4. The van der Waals surface area contributed by atoms with E-state index in [1.54, 1.807) is 6.07 Å². The zero-order chi connectivity index (χ0) is 15.0. The fourth-order valence-electron chi connectivity index (χ4n) is 2.21. The lowest BCUT2D eigenvalue weighted by Gasteiger charge is -2.07. The molecular weight excluding hydrogens is 266 g/mol. The van der Waals surface area contributed by atoms with Crippen molar-refractivity contribution in [1.82, 2.24) is 20.4 Å². The van der Waals surface area contributed by atoms with E-state index in [4.69, 9.17) is 5.73 Å². The Hall–Kier alpha value is -2.89. The van der Waals surface area contributed by atoms with E-state index >= 15 is 0 Å². The number of nitrogens with zero attached hydrogens (tertiary/aromatic N) is 2. The Kier molecular flexibility index (Phi) is 3.06. The van der Waals surface area contributed by atoms with Crippen LogP contribution in [0.4, 0.5) is 5.82 Å². The highest BCUT2D eigenvalue weighted by Crippen LogP contribution is 2.34. The summed E-state index contributed by atoms with van der Waals surface area (Å²) in [6.07, 6.45) is 0. The van der Waals surface area contributed by atoms with Gasteiger partial charge in [0.05, 0.1) is 11.3 Å². The van der Waals surface area contributed by atoms with Crippen LogP contribution in [0.3, 0.4) is 0 Å². The highest BCUT2D eigenvalue weighted by Gasteiger charge is 2.16. The molecule has 6 heteroatoms. The molecular formula is C15H15N5O. The first-order valence-electron chi connectivity index (χ1n) is 6.54. The molecule has 0 bridgehead atoms. The maximum Gasteiger partial charge on any atom is 0.264 e. The van der Waals surface area contributed by atoms with Gasteiger partial charge in [-0.25, -0.2) is 5.10 Å². The van der Waals surface area contributed by atoms with Gasteiger partial charge in [-0.1, -0.05) is 18.2 Å². The van der Waals surface area contributed by atoms with Gasteiger partial charge >= 0.3 is 0 Å². The number of anilines is 1. The van der Waals surface area contributed by atoms with Crippen molar-refractivity contribution in [2.45, 2.75) is 13.8 Å². The van der Waals surface area contributed by atoms with Gasteiger partial charge in [-0.3, -0.25) is 9.89 Å². The molecule has 3 rings (SSSR count). The minimum absolute atomic E-state index is 0.251. The summed E-state index contributed by atoms with van der Waals surface area (Å²) < 4.78 is 0. The minimum atomic E-state index is -0.251. The molecule has 4 N–H and O–H groups in total. The molecule has 2 aromatic heterocycles. The number of rotatable bonds is 2. The average Bonchev–Trinajstić information content (AvgIpc) is 2.85. The van der Waals surface area contributed by atoms with E-state index < -0.39 is 0 Å². The molecule has 0 amide bonds. The SMILES string of the molecule is Cc1ccc(-c2c(N)n[nH]c2-c2ccc(=O)[nH]n2)cc1C. The Morgan fingerprint density at radius 2 is 1.81 bits per heavy atom. The maximum atomic E-state index is 11.1. The normalized spacial score (nSPS) is 10.8. The number of aromatic amines is 2. The second-order valence-corrected chi connectivity index (χ2v) is 4.96. The molecule has 0 aliphatic heterocycles. The standard InChI is InChI=1S/C15H15N5O/c1-8-3-4-10(7-9(8)2)13-14(19-20-15(13)16)11-5-6-12(21)18-17-11/h3-7H,1-2H3,(H,18,21)(H3,16,19,20). The van der Waals surface area contributed by atoms with Gasteiger partial charge in [0.15, 0.2) is 5.82 Å². The van der Waals surface area contributed by atoms with Crippen molar-refractivity contribution in [3.8, 4) is 22.5 Å². The van der Waals surface area contributed by atoms with Crippen LogP contribution in [-0.2, 0) is 0 Å². The summed E-state index contributed by atoms with van der Waals surface area (Å²) in [5.41, 5.74) is 11.2. The van der Waals surface area contributed by atoms with Gasteiger partial charge in [0.2, 0.25) is 0 Å². The molecule has 106 valence electrons. The number of nitrogens with two attached hydrogens (primary N) is 1. The zero-order valence-electron chi connectivity index (χ0n) is 11.8. The molecule has 0 spiro atoms. The number of H-pyrrole nitrogens is 2. The second-order valence-electron chi connectivity index (χ2n) is 4.96. The van der Waals surface area contributed by atoms with Crippen molar-refractivity contribution in [2.24, 2.45) is 0 Å². The first-order valence-corrected chi connectivity index (χ1v) is 6.54. The van der Waals surface area contributed by atoms with Crippen LogP contribution in [0, 0.1) is 13.8 Å². The van der Waals surface area contributed by atoms with E-state index in [0.717, 1.165) is 11.1 Å². The van der Waals surface area contributed by atoms with Crippen LogP contribution in [0.2, 0.25) is 0 Å². The Balaban J connectivity index is 2.19. The molecule has 0 saturated heterocycles. The smallest absolute Gasteiger partial charge is 0.264 e. The third kappa shape index (κ3) is 2.31. The Morgan fingerprint density at radius 1 is 1.00 bits per heavy atom. The average molecular weight is 281 g/mol. The van der Waals surface area contributed by atoms with Gasteiger partial charge < -0.3 is 5.73 Å². The molecule has 0 fully saturated rings. The van der Waals surface area contributed by atoms with E-state index in [2.05, 4.69) is 33.4 Å². The van der Waals surface area contributed by atoms with Crippen LogP contribution >= 0.6 is 0 Å². The lowest BCUT2D eigenvalue weighted by atomic mass is 9.99. The minimum Gasteiger partial charge on any atom is -0.382 e. The molecule has 0 unspecified atom stereocenters. The van der Waals surface area contributed by atoms with Gasteiger partial charge in [0, 0.05) is 6.07 Å². The number of hydrogen-bond acceptors (Lipinski definition) is 4. The monoisotopic (exact) mass is 281 g/mol. The first-order chi connectivity index (χ1) is 10.1. The summed E-state index contributed by atoms with van der Waals surface area (Å²) >= 11 is 0. The van der Waals surface area contributed by atoms with E-state index in [-0.39, 0.29) is 5.56 Å². The molecule has 6 nitrogen and oxygen atoms in total. The highest BCUT2D eigenvalue weighted by atomic mass is 16.1. The van der Waals surface area contributed by atoms with Gasteiger partial charge in [0.1, 0.15) is 5.69 Å². The predicted molar refractivity (Wildman–Crippen MR) is 81.8 cm³/mol. The molecule has 0 radical (unpaired) electrons. The Bertz CT molecular complexity index is 842. The first kappa shape index (κ1) is 13.1. The third-order valence-electron chi connectivity index (χ3n) is 3.53. The van der Waals surface area contributed by atoms with Crippen molar-refractivity contribution in [1.29, 1.82) is 0 Å². The topological polar surface area (TPSA) is 100 Å². The van der Waals surface area contributed by atoms with Crippen molar-refractivity contribution >= 4 is 5.82 Å². The molecule has 0 aliphatic rings. The van der Waals surface area contributed by atoms with E-state index in [1.165, 1.54) is 17.2 Å². The van der Waals surface area contributed by atoms with Crippen molar-refractivity contribution < 1.29 is 0 Å². The van der Waals surface area contributed by atoms with Crippen molar-refractivity contribution in [3.05, 3.63) is 51.8 Å². The molecule has 0 saturated carbocycles. The maximum absolute atomic E-state index is 11.1. The van der Waals surface area contributed by atoms with Gasteiger partial charge in [-0.15, -0.1) is 0 Å². The van der Waals surface area contributed by atoms with Gasteiger partial charge in [-0.05, 0) is 36.6 Å². The lowest BCUT2D eigenvalue weighted by Crippen LogP contribution is -2.06. The van der Waals surface area contributed by atoms with Crippen LogP contribution in [0.1, 0.15) is 11.1 Å². The molecule has 2 heterocycles. The predicted octanol–water partition coefficient (Wildman–Crippen LogP) is 2.03. The van der Waals surface area contributed by atoms with Crippen LogP contribution in [0.5, 0.6) is 0 Å². The van der Waals surface area contributed by atoms with Gasteiger partial charge in [-0.2, -0.15) is 10.2 Å². The molecule has 1 aromatic carbocycles. The van der Waals surface area contributed by atoms with Gasteiger partial charge in [0.25, 0.3) is 5.56 Å². The number of nitrogens with one attached hydrogen (secondary N) is 2. The number of benzene rings is 1. The van der Waals surface area contributed by atoms with Crippen molar-refractivity contribution in [3.63, 3.8) is 0 Å². The molecule has 0 atom stereocenters. The summed E-state index contributed by atoms with van der Waals surface area (Å²) in [5.74, 6) is 0.404. The molecule has 0 aliphatic carbocycles. The van der Waals surface area contributed by atoms with E-state index in [9.17, 15) is 4.79 Å². The summed E-state index contributed by atoms with van der Waals surface area (Å²) in [6.45, 7) is 4.11. The summed E-state index contributed by atoms with van der Waals surface area (Å²) in [6, 6.07) is 9.16. The van der Waals surface area contributed by atoms with Crippen LogP contribution in [0.15, 0.2) is 35.1 Å². The number of aryl methyl sites for hydroxylation is 2. The number of hydrogen-bond donors (Lipinski definition) is 3.